The zero-order valence-electron chi connectivity index (χ0n) is 13.8. The van der Waals surface area contributed by atoms with Gasteiger partial charge in [-0.15, -0.1) is 0 Å². The fourth-order valence-corrected chi connectivity index (χ4v) is 2.57. The van der Waals surface area contributed by atoms with E-state index in [1.54, 1.807) is 48.5 Å². The lowest BCUT2D eigenvalue weighted by Crippen LogP contribution is -2.40. The van der Waals surface area contributed by atoms with Gasteiger partial charge in [-0.25, -0.2) is 4.79 Å². The van der Waals surface area contributed by atoms with Crippen molar-refractivity contribution in [3.05, 3.63) is 86.2 Å². The average molecular weight is 371 g/mol. The first-order valence-electron chi connectivity index (χ1n) is 7.76. The second-order valence-corrected chi connectivity index (χ2v) is 6.06. The van der Waals surface area contributed by atoms with Crippen LogP contribution in [0, 0.1) is 0 Å². The zero-order valence-corrected chi connectivity index (χ0v) is 14.6. The van der Waals surface area contributed by atoms with Crippen molar-refractivity contribution in [2.75, 3.05) is 5.32 Å². The Morgan fingerprint density at radius 3 is 2.58 bits per heavy atom. The molecule has 0 saturated heterocycles. The molecule has 0 aliphatic carbocycles. The van der Waals surface area contributed by atoms with Gasteiger partial charge in [-0.05, 0) is 35.9 Å². The van der Waals surface area contributed by atoms with Gasteiger partial charge >= 0.3 is 5.69 Å². The molecule has 3 rings (SSSR count). The van der Waals surface area contributed by atoms with E-state index in [1.807, 2.05) is 0 Å². The van der Waals surface area contributed by atoms with Gasteiger partial charge in [0.15, 0.2) is 0 Å². The Hall–Kier alpha value is -3.19. The highest BCUT2D eigenvalue weighted by molar-refractivity contribution is 6.30. The van der Waals surface area contributed by atoms with Crippen molar-refractivity contribution < 1.29 is 4.79 Å². The first-order valence-corrected chi connectivity index (χ1v) is 8.13. The molecular weight excluding hydrogens is 356 g/mol. The number of halogens is 1. The van der Waals surface area contributed by atoms with Crippen molar-refractivity contribution in [2.45, 2.75) is 13.5 Å². The standard InChI is InChI=1S/C18H15ClN4O3/c1-12(24)21-15-3-2-4-16(9-15)23-18(26)22(17(25)10-20-23)11-13-5-7-14(19)8-6-13/h2-10H,11H2,1H3,(H,21,24). The van der Waals surface area contributed by atoms with Gasteiger partial charge in [0.25, 0.3) is 5.56 Å². The Morgan fingerprint density at radius 2 is 1.88 bits per heavy atom. The van der Waals surface area contributed by atoms with E-state index in [1.165, 1.54) is 6.92 Å². The van der Waals surface area contributed by atoms with Crippen molar-refractivity contribution in [3.8, 4) is 5.69 Å². The number of carbonyl (C=O) groups excluding carboxylic acids is 1. The lowest BCUT2D eigenvalue weighted by atomic mass is 10.2. The highest BCUT2D eigenvalue weighted by Gasteiger charge is 2.10. The molecule has 0 atom stereocenters. The van der Waals surface area contributed by atoms with Gasteiger partial charge in [0.2, 0.25) is 5.91 Å². The number of nitrogens with one attached hydrogen (secondary N) is 1. The SMILES string of the molecule is CC(=O)Nc1cccc(-n2ncc(=O)n(Cc3ccc(Cl)cc3)c2=O)c1. The fourth-order valence-electron chi connectivity index (χ4n) is 2.45. The van der Waals surface area contributed by atoms with Crippen molar-refractivity contribution >= 4 is 23.2 Å². The van der Waals surface area contributed by atoms with E-state index in [-0.39, 0.29) is 12.5 Å². The molecule has 132 valence electrons. The largest absolute Gasteiger partial charge is 0.352 e. The van der Waals surface area contributed by atoms with Gasteiger partial charge in [0, 0.05) is 17.6 Å². The summed E-state index contributed by atoms with van der Waals surface area (Å²) in [4.78, 5) is 36.1. The molecule has 0 spiro atoms. The molecule has 1 heterocycles. The number of carbonyl (C=O) groups is 1. The summed E-state index contributed by atoms with van der Waals surface area (Å²) >= 11 is 5.86. The Bertz CT molecular complexity index is 1070. The molecule has 2 aromatic carbocycles. The molecule has 26 heavy (non-hydrogen) atoms. The van der Waals surface area contributed by atoms with Gasteiger partial charge in [0.05, 0.1) is 12.2 Å². The molecule has 1 aromatic heterocycles. The van der Waals surface area contributed by atoms with Crippen LogP contribution in [0.3, 0.4) is 0 Å². The van der Waals surface area contributed by atoms with E-state index in [9.17, 15) is 14.4 Å². The fraction of sp³-hybridized carbons (Fsp3) is 0.111. The van der Waals surface area contributed by atoms with Crippen LogP contribution in [0.25, 0.3) is 5.69 Å². The van der Waals surface area contributed by atoms with Crippen LogP contribution < -0.4 is 16.6 Å². The number of aromatic nitrogens is 3. The smallest absolute Gasteiger partial charge is 0.326 e. The lowest BCUT2D eigenvalue weighted by Gasteiger charge is -2.10. The number of benzene rings is 2. The molecule has 1 N–H and O–H groups in total. The van der Waals surface area contributed by atoms with Gasteiger partial charge < -0.3 is 5.32 Å². The Balaban J connectivity index is 2.02. The third kappa shape index (κ3) is 3.89. The Morgan fingerprint density at radius 1 is 1.15 bits per heavy atom. The van der Waals surface area contributed by atoms with E-state index in [2.05, 4.69) is 10.4 Å². The molecule has 8 heteroatoms. The van der Waals surface area contributed by atoms with Gasteiger partial charge in [0.1, 0.15) is 6.20 Å². The molecule has 0 saturated carbocycles. The molecule has 0 fully saturated rings. The maximum atomic E-state index is 12.7. The van der Waals surface area contributed by atoms with Crippen molar-refractivity contribution in [1.29, 1.82) is 0 Å². The molecule has 0 aliphatic rings. The minimum atomic E-state index is -0.576. The summed E-state index contributed by atoms with van der Waals surface area (Å²) in [5.74, 6) is -0.227. The Labute approximate surface area is 153 Å². The van der Waals surface area contributed by atoms with Crippen LogP contribution in [-0.4, -0.2) is 20.3 Å². The van der Waals surface area contributed by atoms with Crippen molar-refractivity contribution in [2.24, 2.45) is 0 Å². The highest BCUT2D eigenvalue weighted by atomic mass is 35.5. The van der Waals surface area contributed by atoms with Gasteiger partial charge in [-0.2, -0.15) is 9.78 Å². The maximum absolute atomic E-state index is 12.7. The van der Waals surface area contributed by atoms with E-state index in [0.29, 0.717) is 16.4 Å². The predicted molar refractivity (Wildman–Crippen MR) is 99.0 cm³/mol. The molecule has 0 unspecified atom stereocenters. The molecular formula is C18H15ClN4O3. The minimum Gasteiger partial charge on any atom is -0.326 e. The predicted octanol–water partition coefficient (Wildman–Crippen LogP) is 2.05. The van der Waals surface area contributed by atoms with Crippen LogP contribution >= 0.6 is 11.6 Å². The molecule has 7 nitrogen and oxygen atoms in total. The minimum absolute atomic E-state index is 0.0999. The second kappa shape index (κ2) is 7.37. The summed E-state index contributed by atoms with van der Waals surface area (Å²) in [6.07, 6.45) is 1.09. The molecule has 0 aliphatic heterocycles. The third-order valence-corrected chi connectivity index (χ3v) is 3.88. The summed E-state index contributed by atoms with van der Waals surface area (Å²) in [5, 5.41) is 7.14. The molecule has 1 amide bonds. The first-order chi connectivity index (χ1) is 12.4. The van der Waals surface area contributed by atoms with Crippen LogP contribution in [0.2, 0.25) is 5.02 Å². The summed E-state index contributed by atoms with van der Waals surface area (Å²) in [6, 6.07) is 13.5. The van der Waals surface area contributed by atoms with E-state index < -0.39 is 11.2 Å². The van der Waals surface area contributed by atoms with Crippen LogP contribution in [0.15, 0.2) is 64.3 Å². The number of hydrogen-bond donors (Lipinski definition) is 1. The first kappa shape index (κ1) is 17.6. The monoisotopic (exact) mass is 370 g/mol. The number of nitrogens with zero attached hydrogens (tertiary/aromatic N) is 3. The summed E-state index contributed by atoms with van der Waals surface area (Å²) in [6.45, 7) is 1.49. The topological polar surface area (TPSA) is 86.0 Å². The summed E-state index contributed by atoms with van der Waals surface area (Å²) < 4.78 is 2.20. The zero-order chi connectivity index (χ0) is 18.7. The van der Waals surface area contributed by atoms with E-state index >= 15 is 0 Å². The van der Waals surface area contributed by atoms with Crippen molar-refractivity contribution in [3.63, 3.8) is 0 Å². The summed E-state index contributed by atoms with van der Waals surface area (Å²) in [5.41, 5.74) is 0.648. The summed E-state index contributed by atoms with van der Waals surface area (Å²) in [7, 11) is 0. The number of anilines is 1. The number of hydrogen-bond acceptors (Lipinski definition) is 4. The number of rotatable bonds is 4. The molecule has 0 bridgehead atoms. The molecule has 0 radical (unpaired) electrons. The van der Waals surface area contributed by atoms with Crippen LogP contribution in [0.1, 0.15) is 12.5 Å². The maximum Gasteiger partial charge on any atom is 0.352 e. The normalized spacial score (nSPS) is 10.5. The number of amides is 1. The molecule has 3 aromatic rings. The average Bonchev–Trinajstić information content (AvgIpc) is 2.60. The Kier molecular flexibility index (Phi) is 4.99. The van der Waals surface area contributed by atoms with E-state index in [4.69, 9.17) is 11.6 Å². The van der Waals surface area contributed by atoms with Crippen LogP contribution in [0.5, 0.6) is 0 Å². The van der Waals surface area contributed by atoms with Crippen LogP contribution in [0.4, 0.5) is 5.69 Å². The second-order valence-electron chi connectivity index (χ2n) is 5.62. The lowest BCUT2D eigenvalue weighted by molar-refractivity contribution is -0.114. The third-order valence-electron chi connectivity index (χ3n) is 3.63. The quantitative estimate of drug-likeness (QED) is 0.761. The van der Waals surface area contributed by atoms with Gasteiger partial charge in [-0.3, -0.25) is 14.2 Å². The van der Waals surface area contributed by atoms with Crippen molar-refractivity contribution in [1.82, 2.24) is 14.3 Å². The highest BCUT2D eigenvalue weighted by Crippen LogP contribution is 2.13. The van der Waals surface area contributed by atoms with Gasteiger partial charge in [-0.1, -0.05) is 29.8 Å². The van der Waals surface area contributed by atoms with Crippen LogP contribution in [-0.2, 0) is 11.3 Å². The van der Waals surface area contributed by atoms with E-state index in [0.717, 1.165) is 21.0 Å².